The number of amides is 2. The van der Waals surface area contributed by atoms with Crippen LogP contribution in [-0.2, 0) is 0 Å². The predicted molar refractivity (Wildman–Crippen MR) is 63.4 cm³/mol. The van der Waals surface area contributed by atoms with Crippen molar-refractivity contribution in [3.05, 3.63) is 29.3 Å². The molecule has 6 heteroatoms. The summed E-state index contributed by atoms with van der Waals surface area (Å²) in [5.41, 5.74) is 7.00. The van der Waals surface area contributed by atoms with Crippen molar-refractivity contribution in [3.8, 4) is 0 Å². The van der Waals surface area contributed by atoms with E-state index in [1.54, 1.807) is 24.3 Å². The zero-order valence-corrected chi connectivity index (χ0v) is 9.45. The summed E-state index contributed by atoms with van der Waals surface area (Å²) in [5, 5.41) is 5.94. The minimum absolute atomic E-state index is 0.277. The number of hydrazine groups is 1. The van der Waals surface area contributed by atoms with E-state index in [9.17, 15) is 4.79 Å². The highest BCUT2D eigenvalue weighted by atomic mass is 35.5. The molecule has 5 nitrogen and oxygen atoms in total. The lowest BCUT2D eigenvalue weighted by molar-refractivity contribution is 0.211. The minimum atomic E-state index is -0.277. The Morgan fingerprint density at radius 3 is 2.81 bits per heavy atom. The molecule has 16 heavy (non-hydrogen) atoms. The van der Waals surface area contributed by atoms with Crippen molar-refractivity contribution in [3.63, 3.8) is 0 Å². The highest BCUT2D eigenvalue weighted by Crippen LogP contribution is 2.14. The number of nitrogens with zero attached hydrogens (tertiary/aromatic N) is 2. The van der Waals surface area contributed by atoms with E-state index < -0.39 is 0 Å². The highest BCUT2D eigenvalue weighted by Gasteiger charge is 2.18. The Labute approximate surface area is 98.0 Å². The van der Waals surface area contributed by atoms with Crippen molar-refractivity contribution in [2.75, 3.05) is 12.0 Å². The first-order valence-electron chi connectivity index (χ1n) is 4.78. The van der Waals surface area contributed by atoms with Crippen LogP contribution < -0.4 is 10.9 Å². The average molecular weight is 239 g/mol. The second kappa shape index (κ2) is 4.40. The van der Waals surface area contributed by atoms with Gasteiger partial charge < -0.3 is 0 Å². The summed E-state index contributed by atoms with van der Waals surface area (Å²) in [7, 11) is 0. The first-order chi connectivity index (χ1) is 7.65. The van der Waals surface area contributed by atoms with Crippen molar-refractivity contribution in [1.82, 2.24) is 10.4 Å². The fraction of sp³-hybridized carbons (Fsp3) is 0.200. The molecule has 0 aliphatic carbocycles. The third-order valence-electron chi connectivity index (χ3n) is 2.08. The maximum atomic E-state index is 11.4. The van der Waals surface area contributed by atoms with Crippen molar-refractivity contribution < 1.29 is 4.79 Å². The van der Waals surface area contributed by atoms with Gasteiger partial charge in [-0.25, -0.2) is 15.2 Å². The van der Waals surface area contributed by atoms with Crippen molar-refractivity contribution in [2.45, 2.75) is 6.92 Å². The van der Waals surface area contributed by atoms with E-state index in [0.29, 0.717) is 11.6 Å². The van der Waals surface area contributed by atoms with Gasteiger partial charge in [0.15, 0.2) is 0 Å². The molecule has 2 rings (SSSR count). The van der Waals surface area contributed by atoms with E-state index in [1.165, 1.54) is 5.01 Å². The topological polar surface area (TPSA) is 56.7 Å². The van der Waals surface area contributed by atoms with Crippen LogP contribution in [0.5, 0.6) is 0 Å². The molecule has 0 fully saturated rings. The molecule has 1 aliphatic heterocycles. The number of halogens is 1. The number of anilines is 1. The van der Waals surface area contributed by atoms with Crippen molar-refractivity contribution >= 4 is 29.0 Å². The molecule has 0 unspecified atom stereocenters. The molecule has 2 amide bonds. The molecular formula is C10H11ClN4O. The molecule has 0 spiro atoms. The largest absolute Gasteiger partial charge is 0.356 e. The molecule has 0 aromatic heterocycles. The van der Waals surface area contributed by atoms with E-state index >= 15 is 0 Å². The lowest BCUT2D eigenvalue weighted by Crippen LogP contribution is -2.48. The van der Waals surface area contributed by atoms with E-state index in [-0.39, 0.29) is 6.03 Å². The van der Waals surface area contributed by atoms with E-state index in [1.807, 2.05) is 6.92 Å². The molecule has 1 aromatic carbocycles. The maximum Gasteiger partial charge on any atom is 0.356 e. The normalized spacial score (nSPS) is 15.5. The second-order valence-electron chi connectivity index (χ2n) is 3.47. The Morgan fingerprint density at radius 2 is 2.12 bits per heavy atom. The monoisotopic (exact) mass is 238 g/mol. The number of nitrogens with one attached hydrogen (secondary N) is 2. The zero-order valence-electron chi connectivity index (χ0n) is 8.70. The van der Waals surface area contributed by atoms with Crippen molar-refractivity contribution in [1.29, 1.82) is 0 Å². The fourth-order valence-corrected chi connectivity index (χ4v) is 1.44. The number of rotatable bonds is 2. The van der Waals surface area contributed by atoms with E-state index in [4.69, 9.17) is 11.6 Å². The smallest absolute Gasteiger partial charge is 0.294 e. The Kier molecular flexibility index (Phi) is 2.96. The zero-order chi connectivity index (χ0) is 11.5. The first-order valence-corrected chi connectivity index (χ1v) is 5.16. The van der Waals surface area contributed by atoms with Gasteiger partial charge in [0.25, 0.3) is 0 Å². The highest BCUT2D eigenvalue weighted by molar-refractivity contribution is 6.30. The third kappa shape index (κ3) is 2.43. The summed E-state index contributed by atoms with van der Waals surface area (Å²) in [6.45, 7) is 2.30. The Balaban J connectivity index is 2.07. The summed E-state index contributed by atoms with van der Waals surface area (Å²) in [6, 6.07) is 6.84. The molecule has 0 saturated heterocycles. The molecule has 1 aliphatic rings. The fourth-order valence-electron chi connectivity index (χ4n) is 1.31. The SMILES string of the molecule is CC1=NNC(=O)N(Nc2ccc(Cl)cc2)C1. The quantitative estimate of drug-likeness (QED) is 0.829. The molecule has 0 atom stereocenters. The predicted octanol–water partition coefficient (Wildman–Crippen LogP) is 2.07. The maximum absolute atomic E-state index is 11.4. The third-order valence-corrected chi connectivity index (χ3v) is 2.33. The molecule has 2 N–H and O–H groups in total. The average Bonchev–Trinajstić information content (AvgIpc) is 2.27. The van der Waals surface area contributed by atoms with Crippen LogP contribution in [0.4, 0.5) is 10.5 Å². The van der Waals surface area contributed by atoms with Crippen molar-refractivity contribution in [2.24, 2.45) is 5.10 Å². The number of carbonyl (C=O) groups is 1. The number of hydrogen-bond donors (Lipinski definition) is 2. The minimum Gasteiger partial charge on any atom is -0.294 e. The summed E-state index contributed by atoms with van der Waals surface area (Å²) in [4.78, 5) is 11.4. The molecule has 0 bridgehead atoms. The van der Waals surface area contributed by atoms with Crippen LogP contribution >= 0.6 is 11.6 Å². The van der Waals surface area contributed by atoms with Crippen LogP contribution in [0.15, 0.2) is 29.4 Å². The van der Waals surface area contributed by atoms with Gasteiger partial charge in [0, 0.05) is 5.02 Å². The summed E-state index contributed by atoms with van der Waals surface area (Å²) < 4.78 is 0. The van der Waals surface area contributed by atoms with Gasteiger partial charge in [-0.05, 0) is 31.2 Å². The molecule has 0 saturated carbocycles. The van der Waals surface area contributed by atoms with Gasteiger partial charge in [-0.15, -0.1) is 0 Å². The number of benzene rings is 1. The Hall–Kier alpha value is -1.75. The molecule has 84 valence electrons. The number of urea groups is 1. The lowest BCUT2D eigenvalue weighted by atomic mass is 10.3. The van der Waals surface area contributed by atoms with Gasteiger partial charge in [-0.3, -0.25) is 5.43 Å². The Bertz CT molecular complexity index is 429. The van der Waals surface area contributed by atoms with Gasteiger partial charge in [0.05, 0.1) is 17.9 Å². The first kappa shape index (κ1) is 10.8. The van der Waals surface area contributed by atoms with Crippen LogP contribution in [0.3, 0.4) is 0 Å². The van der Waals surface area contributed by atoms with E-state index in [2.05, 4.69) is 16.0 Å². The number of carbonyl (C=O) groups excluding carboxylic acids is 1. The van der Waals surface area contributed by atoms with Gasteiger partial charge in [0.2, 0.25) is 0 Å². The van der Waals surface area contributed by atoms with Gasteiger partial charge in [-0.1, -0.05) is 11.6 Å². The standard InChI is InChI=1S/C10H11ClN4O/c1-7-6-15(10(16)13-12-7)14-9-4-2-8(11)3-5-9/h2-5,14H,6H2,1H3,(H,13,16). The lowest BCUT2D eigenvalue weighted by Gasteiger charge is -2.26. The van der Waals surface area contributed by atoms with Crippen LogP contribution in [0.1, 0.15) is 6.92 Å². The second-order valence-corrected chi connectivity index (χ2v) is 3.91. The van der Waals surface area contributed by atoms with Crippen LogP contribution in [0.2, 0.25) is 5.02 Å². The van der Waals surface area contributed by atoms with Gasteiger partial charge in [0.1, 0.15) is 0 Å². The molecular weight excluding hydrogens is 228 g/mol. The number of hydrogen-bond acceptors (Lipinski definition) is 3. The summed E-state index contributed by atoms with van der Waals surface area (Å²) >= 11 is 5.77. The van der Waals surface area contributed by atoms with Gasteiger partial charge in [-0.2, -0.15) is 5.10 Å². The summed E-state index contributed by atoms with van der Waals surface area (Å²) in [6.07, 6.45) is 0. The van der Waals surface area contributed by atoms with E-state index in [0.717, 1.165) is 11.4 Å². The Morgan fingerprint density at radius 1 is 1.44 bits per heavy atom. The van der Waals surface area contributed by atoms with Crippen LogP contribution in [-0.4, -0.2) is 23.3 Å². The van der Waals surface area contributed by atoms with Gasteiger partial charge >= 0.3 is 6.03 Å². The van der Waals surface area contributed by atoms with Crippen LogP contribution in [0, 0.1) is 0 Å². The number of hydrazone groups is 1. The van der Waals surface area contributed by atoms with Crippen LogP contribution in [0.25, 0.3) is 0 Å². The summed E-state index contributed by atoms with van der Waals surface area (Å²) in [5.74, 6) is 0. The molecule has 1 aromatic rings. The molecule has 0 radical (unpaired) electrons. The molecule has 1 heterocycles.